The lowest BCUT2D eigenvalue weighted by Crippen LogP contribution is -2.61. The van der Waals surface area contributed by atoms with Gasteiger partial charge in [0.25, 0.3) is 6.71 Å². The number of anilines is 6. The monoisotopic (exact) mass is 958 g/mol. The van der Waals surface area contributed by atoms with Crippen molar-refractivity contribution in [1.29, 1.82) is 0 Å². The maximum Gasteiger partial charge on any atom is 0.297 e. The molecule has 2 aliphatic carbocycles. The lowest BCUT2D eigenvalue weighted by atomic mass is 9.35. The van der Waals surface area contributed by atoms with E-state index in [-0.39, 0.29) is 39.2 Å². The van der Waals surface area contributed by atoms with Gasteiger partial charge in [-0.2, -0.15) is 0 Å². The van der Waals surface area contributed by atoms with Crippen LogP contribution in [0, 0.1) is 0 Å². The molecular weight excluding hydrogens is 886 g/mol. The Labute approximate surface area is 434 Å². The van der Waals surface area contributed by atoms with E-state index in [1.54, 1.807) is 0 Å². The van der Waals surface area contributed by atoms with Gasteiger partial charge in [-0.05, 0) is 169 Å². The van der Waals surface area contributed by atoms with Gasteiger partial charge < -0.3 is 18.8 Å². The Morgan fingerprint density at radius 1 is 0.438 bits per heavy atom. The molecule has 4 nitrogen and oxygen atoms in total. The van der Waals surface area contributed by atoms with Gasteiger partial charge in [-0.3, -0.25) is 0 Å². The molecule has 368 valence electrons. The molecule has 0 saturated carbocycles. The summed E-state index contributed by atoms with van der Waals surface area (Å²) < 4.78 is 10.1. The predicted octanol–water partition coefficient (Wildman–Crippen LogP) is 16.9. The maximum absolute atomic E-state index is 7.55. The third-order valence-electron chi connectivity index (χ3n) is 18.4. The summed E-state index contributed by atoms with van der Waals surface area (Å²) in [5.74, 6) is 0. The van der Waals surface area contributed by atoms with Crippen molar-refractivity contribution in [2.75, 3.05) is 9.80 Å². The zero-order chi connectivity index (χ0) is 51.1. The molecule has 0 atom stereocenters. The lowest BCUT2D eigenvalue weighted by molar-refractivity contribution is 0.332. The zero-order valence-corrected chi connectivity index (χ0v) is 45.9. The van der Waals surface area contributed by atoms with Gasteiger partial charge in [0.2, 0.25) is 0 Å². The van der Waals surface area contributed by atoms with E-state index in [0.717, 1.165) is 40.8 Å². The van der Waals surface area contributed by atoms with Gasteiger partial charge in [-0.25, -0.2) is 0 Å². The Balaban J connectivity index is 1.20. The molecule has 0 bridgehead atoms. The van der Waals surface area contributed by atoms with Crippen LogP contribution in [-0.4, -0.2) is 11.3 Å². The molecule has 7 aromatic carbocycles. The fourth-order valence-electron chi connectivity index (χ4n) is 13.7. The van der Waals surface area contributed by atoms with Gasteiger partial charge in [0.05, 0.1) is 28.1 Å². The van der Waals surface area contributed by atoms with Crippen molar-refractivity contribution in [3.63, 3.8) is 0 Å². The second kappa shape index (κ2) is 15.1. The van der Waals surface area contributed by atoms with Crippen molar-refractivity contribution in [1.82, 2.24) is 4.57 Å². The summed E-state index contributed by atoms with van der Waals surface area (Å²) in [5.41, 5.74) is 23.7. The van der Waals surface area contributed by atoms with E-state index in [2.05, 4.69) is 245 Å². The van der Waals surface area contributed by atoms with Crippen molar-refractivity contribution >= 4 is 90.2 Å². The smallest absolute Gasteiger partial charge is 0.297 e. The second-order valence-corrected chi connectivity index (χ2v) is 27.2. The zero-order valence-electron chi connectivity index (χ0n) is 45.9. The minimum atomic E-state index is -0.177. The molecule has 0 radical (unpaired) electrons. The molecule has 0 saturated heterocycles. The summed E-state index contributed by atoms with van der Waals surface area (Å²) in [6.07, 6.45) is 4.64. The van der Waals surface area contributed by atoms with Crippen LogP contribution < -0.4 is 26.4 Å². The molecule has 0 amide bonds. The number of aromatic nitrogens is 1. The van der Waals surface area contributed by atoms with E-state index in [4.69, 9.17) is 4.42 Å². The van der Waals surface area contributed by atoms with E-state index in [0.29, 0.717) is 0 Å². The number of para-hydroxylation sites is 2. The van der Waals surface area contributed by atoms with Crippen LogP contribution in [-0.2, 0) is 32.5 Å². The number of furan rings is 1. The van der Waals surface area contributed by atoms with E-state index in [9.17, 15) is 0 Å². The predicted molar refractivity (Wildman–Crippen MR) is 313 cm³/mol. The maximum atomic E-state index is 7.55. The number of fused-ring (bicyclic) bond motifs is 11. The van der Waals surface area contributed by atoms with Crippen LogP contribution in [0.2, 0.25) is 0 Å². The fourth-order valence-corrected chi connectivity index (χ4v) is 13.7. The molecule has 4 aliphatic rings. The average Bonchev–Trinajstić information content (AvgIpc) is 3.89. The number of rotatable bonds is 3. The first kappa shape index (κ1) is 46.3. The summed E-state index contributed by atoms with van der Waals surface area (Å²) in [6.45, 7) is 33.4. The van der Waals surface area contributed by atoms with Gasteiger partial charge in [-0.15, -0.1) is 0 Å². The van der Waals surface area contributed by atoms with Crippen molar-refractivity contribution in [2.24, 2.45) is 0 Å². The molecule has 13 rings (SSSR count). The van der Waals surface area contributed by atoms with Gasteiger partial charge in [-0.1, -0.05) is 164 Å². The molecule has 0 spiro atoms. The standard InChI is InChI=1S/C68H72BN3O/c1-63(2,3)41-24-30-59-48(35-41)61-62(73-59)69-53-36-42(64(4,5)6)23-29-56(53)70(43-25-27-49-51(37-43)67(11,12)33-31-65(49,7)8)57-39-45(71-54-21-17-15-19-46(54)47-20-16-18-22-55(47)71)40-58(60(57)69)72(61)44-26-28-50-52(38-44)68(13,14)34-32-66(50,9)10/h15-30,35-40H,31-34H2,1-14H3. The van der Waals surface area contributed by atoms with E-state index in [1.165, 1.54) is 107 Å². The Kier molecular flexibility index (Phi) is 9.58. The van der Waals surface area contributed by atoms with Gasteiger partial charge in [0, 0.05) is 44.6 Å². The summed E-state index contributed by atoms with van der Waals surface area (Å²) in [5, 5.41) is 3.67. The molecular formula is C68H72BN3O. The van der Waals surface area contributed by atoms with Crippen molar-refractivity contribution in [3.05, 3.63) is 167 Å². The highest BCUT2D eigenvalue weighted by Gasteiger charge is 2.49. The van der Waals surface area contributed by atoms with Gasteiger partial charge >= 0.3 is 0 Å². The van der Waals surface area contributed by atoms with Crippen molar-refractivity contribution in [2.45, 2.75) is 155 Å². The quantitative estimate of drug-likeness (QED) is 0.165. The SMILES string of the molecule is CC(C)(C)c1ccc2c(c1)B1c3oc4ccc(C(C)(C)C)cc4c3N(c3ccc4c(c3)C(C)(C)CCC4(C)C)c3cc(-n4c5ccccc5c5ccccc54)cc(c31)N2c1ccc2c(c1)C(C)(C)CCC2(C)C. The molecule has 73 heavy (non-hydrogen) atoms. The largest absolute Gasteiger partial charge is 0.468 e. The Bertz CT molecular complexity index is 3750. The number of benzene rings is 7. The Morgan fingerprint density at radius 2 is 0.918 bits per heavy atom. The number of hydrogen-bond acceptors (Lipinski definition) is 3. The average molecular weight is 958 g/mol. The number of nitrogens with zero attached hydrogens (tertiary/aromatic N) is 3. The topological polar surface area (TPSA) is 24.6 Å². The van der Waals surface area contributed by atoms with Crippen LogP contribution in [0.4, 0.5) is 34.1 Å². The Morgan fingerprint density at radius 3 is 1.47 bits per heavy atom. The fraction of sp³-hybridized carbons (Fsp3) is 0.353. The molecule has 2 aliphatic heterocycles. The molecule has 5 heteroatoms. The summed E-state index contributed by atoms with van der Waals surface area (Å²) >= 11 is 0. The summed E-state index contributed by atoms with van der Waals surface area (Å²) in [7, 11) is 0. The van der Waals surface area contributed by atoms with Gasteiger partial charge in [0.15, 0.2) is 0 Å². The first-order valence-electron chi connectivity index (χ1n) is 27.2. The second-order valence-electron chi connectivity index (χ2n) is 27.2. The first-order chi connectivity index (χ1) is 34.4. The molecule has 2 aromatic heterocycles. The van der Waals surface area contributed by atoms with Crippen LogP contribution in [0.3, 0.4) is 0 Å². The van der Waals surface area contributed by atoms with Crippen LogP contribution in [0.1, 0.15) is 156 Å². The highest BCUT2D eigenvalue weighted by Crippen LogP contribution is 2.54. The molecule has 9 aromatic rings. The van der Waals surface area contributed by atoms with Gasteiger partial charge in [0.1, 0.15) is 5.58 Å². The van der Waals surface area contributed by atoms with E-state index < -0.39 is 0 Å². The molecule has 0 unspecified atom stereocenters. The summed E-state index contributed by atoms with van der Waals surface area (Å²) in [4.78, 5) is 5.27. The van der Waals surface area contributed by atoms with Crippen molar-refractivity contribution in [3.8, 4) is 5.69 Å². The highest BCUT2D eigenvalue weighted by atomic mass is 16.3. The Hall–Kier alpha value is -6.46. The molecule has 0 N–H and O–H groups in total. The lowest BCUT2D eigenvalue weighted by Gasteiger charge is -2.45. The third-order valence-corrected chi connectivity index (χ3v) is 18.4. The molecule has 0 fully saturated rings. The first-order valence-corrected chi connectivity index (χ1v) is 27.2. The van der Waals surface area contributed by atoms with E-state index >= 15 is 0 Å². The summed E-state index contributed by atoms with van der Waals surface area (Å²) in [6, 6.07) is 52.2. The van der Waals surface area contributed by atoms with E-state index in [1.807, 2.05) is 0 Å². The molecule has 4 heterocycles. The van der Waals surface area contributed by atoms with Crippen LogP contribution >= 0.6 is 0 Å². The minimum absolute atomic E-state index is 0.0119. The van der Waals surface area contributed by atoms with Crippen LogP contribution in [0.25, 0.3) is 38.5 Å². The van der Waals surface area contributed by atoms with Crippen LogP contribution in [0.15, 0.2) is 138 Å². The number of hydrogen-bond donors (Lipinski definition) is 0. The van der Waals surface area contributed by atoms with Crippen molar-refractivity contribution < 1.29 is 4.42 Å². The normalized spacial score (nSPS) is 18.1. The highest BCUT2D eigenvalue weighted by molar-refractivity contribution is 7.00. The van der Waals surface area contributed by atoms with Crippen LogP contribution in [0.5, 0.6) is 0 Å². The third kappa shape index (κ3) is 6.78. The minimum Gasteiger partial charge on any atom is -0.468 e.